The molecule has 0 aliphatic carbocycles. The van der Waals surface area contributed by atoms with E-state index in [0.29, 0.717) is 12.6 Å². The first-order valence-corrected chi connectivity index (χ1v) is 8.21. The maximum Gasteiger partial charge on any atom is 0.125 e. The summed E-state index contributed by atoms with van der Waals surface area (Å²) in [5.74, 6) is 0.846. The van der Waals surface area contributed by atoms with Crippen molar-refractivity contribution in [1.29, 1.82) is 0 Å². The van der Waals surface area contributed by atoms with E-state index in [0.717, 1.165) is 24.4 Å². The number of nitrogens with zero attached hydrogens (tertiary/aromatic N) is 2. The van der Waals surface area contributed by atoms with E-state index >= 15 is 0 Å². The van der Waals surface area contributed by atoms with Gasteiger partial charge in [-0.25, -0.2) is 0 Å². The highest BCUT2D eigenvalue weighted by Crippen LogP contribution is 2.35. The molecular formula is C17H24N2O2. The third-order valence-corrected chi connectivity index (χ3v) is 5.32. The van der Waals surface area contributed by atoms with Gasteiger partial charge in [-0.3, -0.25) is 9.80 Å². The quantitative estimate of drug-likeness (QED) is 0.852. The second kappa shape index (κ2) is 5.59. The van der Waals surface area contributed by atoms with E-state index in [-0.39, 0.29) is 6.04 Å². The van der Waals surface area contributed by atoms with E-state index in [4.69, 9.17) is 4.74 Å². The number of rotatable bonds is 1. The van der Waals surface area contributed by atoms with E-state index in [1.807, 2.05) is 24.3 Å². The van der Waals surface area contributed by atoms with Crippen molar-refractivity contribution >= 4 is 0 Å². The van der Waals surface area contributed by atoms with Crippen molar-refractivity contribution in [1.82, 2.24) is 9.80 Å². The van der Waals surface area contributed by atoms with Gasteiger partial charge in [0.2, 0.25) is 0 Å². The van der Waals surface area contributed by atoms with Crippen LogP contribution < -0.4 is 4.74 Å². The molecule has 0 aromatic heterocycles. The molecule has 4 rings (SSSR count). The molecule has 1 aromatic rings. The van der Waals surface area contributed by atoms with Crippen LogP contribution in [0.1, 0.15) is 30.9 Å². The second-order valence-corrected chi connectivity index (χ2v) is 6.54. The fourth-order valence-corrected chi connectivity index (χ4v) is 4.17. The minimum Gasteiger partial charge on any atom is -0.491 e. The number of benzene rings is 1. The highest BCUT2D eigenvalue weighted by atomic mass is 16.5. The molecule has 1 aromatic carbocycles. The predicted molar refractivity (Wildman–Crippen MR) is 81.5 cm³/mol. The monoisotopic (exact) mass is 288 g/mol. The molecule has 0 saturated carbocycles. The minimum absolute atomic E-state index is 0.0976. The van der Waals surface area contributed by atoms with Gasteiger partial charge in [0.15, 0.2) is 0 Å². The summed E-state index contributed by atoms with van der Waals surface area (Å²) in [5.41, 5.74) is 0.946. The van der Waals surface area contributed by atoms with Gasteiger partial charge < -0.3 is 9.84 Å². The lowest BCUT2D eigenvalue weighted by Gasteiger charge is -2.38. The van der Waals surface area contributed by atoms with Gasteiger partial charge >= 0.3 is 0 Å². The lowest BCUT2D eigenvalue weighted by molar-refractivity contribution is 0.00105. The van der Waals surface area contributed by atoms with Crippen LogP contribution in [-0.2, 0) is 0 Å². The molecule has 2 fully saturated rings. The molecule has 3 aliphatic heterocycles. The van der Waals surface area contributed by atoms with E-state index in [2.05, 4.69) is 9.80 Å². The summed E-state index contributed by atoms with van der Waals surface area (Å²) < 4.78 is 5.90. The summed E-state index contributed by atoms with van der Waals surface area (Å²) >= 11 is 0. The van der Waals surface area contributed by atoms with Gasteiger partial charge in [-0.2, -0.15) is 0 Å². The Labute approximate surface area is 126 Å². The van der Waals surface area contributed by atoms with Crippen molar-refractivity contribution in [3.63, 3.8) is 0 Å². The maximum absolute atomic E-state index is 10.8. The largest absolute Gasteiger partial charge is 0.491 e. The van der Waals surface area contributed by atoms with Crippen molar-refractivity contribution < 1.29 is 9.84 Å². The topological polar surface area (TPSA) is 35.9 Å². The third kappa shape index (κ3) is 2.45. The number of hydrogen-bond donors (Lipinski definition) is 1. The molecule has 4 nitrogen and oxygen atoms in total. The Kier molecular flexibility index (Phi) is 3.61. The number of fused-ring (bicyclic) bond motifs is 2. The molecule has 21 heavy (non-hydrogen) atoms. The fraction of sp³-hybridized carbons (Fsp3) is 0.647. The van der Waals surface area contributed by atoms with Gasteiger partial charge in [0.25, 0.3) is 0 Å². The smallest absolute Gasteiger partial charge is 0.125 e. The molecule has 3 atom stereocenters. The Morgan fingerprint density at radius 1 is 1.05 bits per heavy atom. The van der Waals surface area contributed by atoms with Crippen LogP contribution in [0.4, 0.5) is 0 Å². The lowest BCUT2D eigenvalue weighted by atomic mass is 9.97. The van der Waals surface area contributed by atoms with E-state index in [9.17, 15) is 5.11 Å². The highest BCUT2D eigenvalue weighted by Gasteiger charge is 2.37. The van der Waals surface area contributed by atoms with Crippen LogP contribution in [0, 0.1) is 0 Å². The summed E-state index contributed by atoms with van der Waals surface area (Å²) in [5, 5.41) is 10.8. The summed E-state index contributed by atoms with van der Waals surface area (Å²) in [7, 11) is 0. The Hall–Kier alpha value is -1.10. The third-order valence-electron chi connectivity index (χ3n) is 5.32. The average molecular weight is 288 g/mol. The van der Waals surface area contributed by atoms with Gasteiger partial charge in [-0.05, 0) is 45.0 Å². The molecule has 4 heteroatoms. The number of hydrogen-bond acceptors (Lipinski definition) is 4. The van der Waals surface area contributed by atoms with Crippen molar-refractivity contribution in [2.75, 3.05) is 32.8 Å². The first-order valence-electron chi connectivity index (χ1n) is 8.21. The van der Waals surface area contributed by atoms with Gasteiger partial charge in [0.1, 0.15) is 18.5 Å². The SMILES string of the molecule is OC1c2ccccc2OCC1N1CCCN2CCCC2C1. The van der Waals surface area contributed by atoms with Gasteiger partial charge in [-0.15, -0.1) is 0 Å². The first-order chi connectivity index (χ1) is 10.3. The lowest BCUT2D eigenvalue weighted by Crippen LogP contribution is -2.49. The standard InChI is InChI=1S/C17H24N2O2/c20-17-14-6-1-2-7-16(14)21-12-15(17)19-10-4-9-18-8-3-5-13(18)11-19/h1-2,6-7,13,15,17,20H,3-5,8-12H2. The fourth-order valence-electron chi connectivity index (χ4n) is 4.17. The zero-order valence-electron chi connectivity index (χ0n) is 12.4. The van der Waals surface area contributed by atoms with Crippen LogP contribution in [0.2, 0.25) is 0 Å². The average Bonchev–Trinajstić information content (AvgIpc) is 2.85. The van der Waals surface area contributed by atoms with Gasteiger partial charge in [0.05, 0.1) is 6.04 Å². The molecule has 0 amide bonds. The summed E-state index contributed by atoms with van der Waals surface area (Å²) in [6.07, 6.45) is 3.39. The van der Waals surface area contributed by atoms with Crippen LogP contribution in [-0.4, -0.2) is 59.8 Å². The zero-order valence-corrected chi connectivity index (χ0v) is 12.4. The van der Waals surface area contributed by atoms with Crippen LogP contribution >= 0.6 is 0 Å². The summed E-state index contributed by atoms with van der Waals surface area (Å²) in [6, 6.07) is 8.67. The highest BCUT2D eigenvalue weighted by molar-refractivity contribution is 5.37. The minimum atomic E-state index is -0.428. The zero-order chi connectivity index (χ0) is 14.2. The second-order valence-electron chi connectivity index (χ2n) is 6.54. The molecule has 1 N–H and O–H groups in total. The van der Waals surface area contributed by atoms with Crippen LogP contribution in [0.3, 0.4) is 0 Å². The van der Waals surface area contributed by atoms with E-state index < -0.39 is 6.10 Å². The Balaban J connectivity index is 1.54. The molecule has 3 unspecified atom stereocenters. The first kappa shape index (κ1) is 13.6. The Morgan fingerprint density at radius 3 is 2.81 bits per heavy atom. The number of aliphatic hydroxyl groups is 1. The van der Waals surface area contributed by atoms with Crippen molar-refractivity contribution in [3.8, 4) is 5.75 Å². The molecule has 2 saturated heterocycles. The molecular weight excluding hydrogens is 264 g/mol. The Morgan fingerprint density at radius 2 is 1.86 bits per heavy atom. The van der Waals surface area contributed by atoms with Crippen LogP contribution in [0.25, 0.3) is 0 Å². The summed E-state index contributed by atoms with van der Waals surface area (Å²) in [4.78, 5) is 5.10. The van der Waals surface area contributed by atoms with Crippen molar-refractivity contribution in [3.05, 3.63) is 29.8 Å². The van der Waals surface area contributed by atoms with Gasteiger partial charge in [-0.1, -0.05) is 18.2 Å². The molecule has 114 valence electrons. The predicted octanol–water partition coefficient (Wildman–Crippen LogP) is 1.65. The molecule has 0 spiro atoms. The van der Waals surface area contributed by atoms with Crippen molar-refractivity contribution in [2.45, 2.75) is 37.5 Å². The number of ether oxygens (including phenoxy) is 1. The van der Waals surface area contributed by atoms with Crippen LogP contribution in [0.15, 0.2) is 24.3 Å². The molecule has 3 heterocycles. The van der Waals surface area contributed by atoms with Crippen LogP contribution in [0.5, 0.6) is 5.75 Å². The van der Waals surface area contributed by atoms with E-state index in [1.165, 1.54) is 32.4 Å². The maximum atomic E-state index is 10.8. The normalized spacial score (nSPS) is 33.9. The molecule has 0 bridgehead atoms. The van der Waals surface area contributed by atoms with E-state index in [1.54, 1.807) is 0 Å². The summed E-state index contributed by atoms with van der Waals surface area (Å²) in [6.45, 7) is 5.21. The molecule has 3 aliphatic rings. The number of para-hydroxylation sites is 1. The van der Waals surface area contributed by atoms with Crippen molar-refractivity contribution in [2.24, 2.45) is 0 Å². The Bertz CT molecular complexity index is 507. The number of aliphatic hydroxyl groups excluding tert-OH is 1. The molecule has 0 radical (unpaired) electrons. The van der Waals surface area contributed by atoms with Gasteiger partial charge in [0, 0.05) is 18.2 Å².